The number of ether oxygens (including phenoxy) is 1. The minimum Gasteiger partial charge on any atom is -0.409 e. The standard InChI is InChI=1S/C9H21O2Si2/c1-13(2,3)11-8-9(12)6-4-5-7-10-9/h8H,4-7H2,1-3,12H3. The van der Waals surface area contributed by atoms with Crippen molar-refractivity contribution in [3.63, 3.8) is 0 Å². The molecular weight excluding hydrogens is 196 g/mol. The fraction of sp³-hybridized carbons (Fsp3) is 0.889. The zero-order valence-corrected chi connectivity index (χ0v) is 12.2. The summed E-state index contributed by atoms with van der Waals surface area (Å²) in [4.78, 5) is 0. The van der Waals surface area contributed by atoms with Crippen LogP contribution in [-0.4, -0.2) is 30.4 Å². The zero-order valence-electron chi connectivity index (χ0n) is 9.22. The maximum atomic E-state index is 5.80. The van der Waals surface area contributed by atoms with E-state index in [9.17, 15) is 0 Å². The molecule has 4 heteroatoms. The Labute approximate surface area is 85.6 Å². The molecule has 1 saturated heterocycles. The Balaban J connectivity index is 2.33. The molecular formula is C9H21O2Si2. The van der Waals surface area contributed by atoms with Crippen LogP contribution in [0.5, 0.6) is 0 Å². The fourth-order valence-electron chi connectivity index (χ4n) is 1.35. The van der Waals surface area contributed by atoms with E-state index in [2.05, 4.69) is 19.6 Å². The molecule has 0 aliphatic carbocycles. The van der Waals surface area contributed by atoms with E-state index < -0.39 is 8.32 Å². The van der Waals surface area contributed by atoms with Crippen molar-refractivity contribution in [1.82, 2.24) is 0 Å². The quantitative estimate of drug-likeness (QED) is 0.663. The Morgan fingerprint density at radius 3 is 2.54 bits per heavy atom. The molecule has 1 rings (SSSR count). The molecule has 1 fully saturated rings. The van der Waals surface area contributed by atoms with Crippen molar-refractivity contribution in [3.05, 3.63) is 6.61 Å². The summed E-state index contributed by atoms with van der Waals surface area (Å²) < 4.78 is 11.6. The van der Waals surface area contributed by atoms with Crippen LogP contribution in [0.1, 0.15) is 19.3 Å². The minimum absolute atomic E-state index is 0.0124. The van der Waals surface area contributed by atoms with Crippen LogP contribution in [0.15, 0.2) is 0 Å². The largest absolute Gasteiger partial charge is 0.409 e. The molecule has 1 radical (unpaired) electrons. The first-order valence-electron chi connectivity index (χ1n) is 5.07. The molecule has 0 aromatic heterocycles. The Morgan fingerprint density at radius 1 is 1.38 bits per heavy atom. The molecule has 2 nitrogen and oxygen atoms in total. The number of hydrogen-bond donors (Lipinski definition) is 0. The SMILES string of the molecule is C[Si](C)(C)O[CH]C1([SiH3])CCCCO1. The topological polar surface area (TPSA) is 18.5 Å². The molecule has 1 heterocycles. The van der Waals surface area contributed by atoms with Gasteiger partial charge >= 0.3 is 0 Å². The monoisotopic (exact) mass is 217 g/mol. The molecule has 1 unspecified atom stereocenters. The van der Waals surface area contributed by atoms with Gasteiger partial charge in [-0.1, -0.05) is 0 Å². The number of hydrogen-bond acceptors (Lipinski definition) is 2. The second-order valence-electron chi connectivity index (χ2n) is 4.97. The second-order valence-corrected chi connectivity index (χ2v) is 11.1. The lowest BCUT2D eigenvalue weighted by atomic mass is 10.1. The van der Waals surface area contributed by atoms with Crippen molar-refractivity contribution in [1.29, 1.82) is 0 Å². The van der Waals surface area contributed by atoms with Gasteiger partial charge in [0.15, 0.2) is 8.32 Å². The van der Waals surface area contributed by atoms with Gasteiger partial charge in [0.2, 0.25) is 0 Å². The van der Waals surface area contributed by atoms with Crippen molar-refractivity contribution in [2.24, 2.45) is 0 Å². The molecule has 0 aromatic rings. The molecule has 1 atom stereocenters. The fourth-order valence-corrected chi connectivity index (χ4v) is 2.86. The molecule has 1 aliphatic heterocycles. The first kappa shape index (κ1) is 11.4. The van der Waals surface area contributed by atoms with Gasteiger partial charge in [-0.15, -0.1) is 0 Å². The van der Waals surface area contributed by atoms with Gasteiger partial charge in [-0.05, 0) is 38.9 Å². The van der Waals surface area contributed by atoms with Crippen molar-refractivity contribution in [2.45, 2.75) is 44.1 Å². The van der Waals surface area contributed by atoms with Crippen LogP contribution in [0.25, 0.3) is 0 Å². The van der Waals surface area contributed by atoms with Crippen LogP contribution >= 0.6 is 0 Å². The lowest BCUT2D eigenvalue weighted by Crippen LogP contribution is -2.41. The summed E-state index contributed by atoms with van der Waals surface area (Å²) in [6.45, 7) is 9.52. The second kappa shape index (κ2) is 4.25. The summed E-state index contributed by atoms with van der Waals surface area (Å²) in [5, 5.41) is 0.0124. The van der Waals surface area contributed by atoms with E-state index in [1.807, 2.05) is 6.61 Å². The van der Waals surface area contributed by atoms with Gasteiger partial charge in [0.25, 0.3) is 0 Å². The molecule has 0 aromatic carbocycles. The van der Waals surface area contributed by atoms with E-state index in [0.717, 1.165) is 23.3 Å². The highest BCUT2D eigenvalue weighted by atomic mass is 28.4. The Kier molecular flexibility index (Phi) is 3.74. The van der Waals surface area contributed by atoms with E-state index in [-0.39, 0.29) is 5.22 Å². The molecule has 1 aliphatic rings. The highest BCUT2D eigenvalue weighted by Crippen LogP contribution is 2.26. The number of rotatable bonds is 3. The van der Waals surface area contributed by atoms with E-state index in [0.29, 0.717) is 0 Å². The average Bonchev–Trinajstić information content (AvgIpc) is 2.02. The third kappa shape index (κ3) is 4.40. The first-order valence-corrected chi connectivity index (χ1v) is 9.48. The van der Waals surface area contributed by atoms with E-state index in [4.69, 9.17) is 9.16 Å². The van der Waals surface area contributed by atoms with E-state index in [1.165, 1.54) is 12.8 Å². The predicted octanol–water partition coefficient (Wildman–Crippen LogP) is 1.26. The summed E-state index contributed by atoms with van der Waals surface area (Å²) in [6, 6.07) is 0. The van der Waals surface area contributed by atoms with Crippen LogP contribution < -0.4 is 0 Å². The lowest BCUT2D eigenvalue weighted by molar-refractivity contribution is -0.0190. The zero-order chi connectivity index (χ0) is 9.95. The summed E-state index contributed by atoms with van der Waals surface area (Å²) >= 11 is 0. The van der Waals surface area contributed by atoms with Crippen LogP contribution in [0, 0.1) is 6.61 Å². The molecule has 0 saturated carbocycles. The maximum absolute atomic E-state index is 5.80. The molecule has 0 amide bonds. The van der Waals surface area contributed by atoms with Crippen molar-refractivity contribution < 1.29 is 9.16 Å². The van der Waals surface area contributed by atoms with Crippen LogP contribution in [-0.2, 0) is 9.16 Å². The van der Waals surface area contributed by atoms with Gasteiger partial charge in [-0.2, -0.15) is 0 Å². The van der Waals surface area contributed by atoms with Gasteiger partial charge in [-0.3, -0.25) is 0 Å². The maximum Gasteiger partial charge on any atom is 0.184 e. The van der Waals surface area contributed by atoms with Gasteiger partial charge in [0, 0.05) is 16.8 Å². The third-order valence-electron chi connectivity index (χ3n) is 2.16. The average molecular weight is 217 g/mol. The van der Waals surface area contributed by atoms with Crippen molar-refractivity contribution in [2.75, 3.05) is 6.61 Å². The van der Waals surface area contributed by atoms with Crippen LogP contribution in [0.2, 0.25) is 19.6 Å². The Bertz CT molecular complexity index is 159. The predicted molar refractivity (Wildman–Crippen MR) is 61.2 cm³/mol. The molecule has 77 valence electrons. The third-order valence-corrected chi connectivity index (χ3v) is 4.01. The highest BCUT2D eigenvalue weighted by Gasteiger charge is 2.30. The first-order chi connectivity index (χ1) is 5.91. The van der Waals surface area contributed by atoms with E-state index in [1.54, 1.807) is 0 Å². The van der Waals surface area contributed by atoms with Crippen molar-refractivity contribution >= 4 is 18.6 Å². The summed E-state index contributed by atoms with van der Waals surface area (Å²) in [7, 11) is -0.359. The Morgan fingerprint density at radius 2 is 2.08 bits per heavy atom. The van der Waals surface area contributed by atoms with Gasteiger partial charge < -0.3 is 9.16 Å². The summed E-state index contributed by atoms with van der Waals surface area (Å²) in [5.74, 6) is 0. The van der Waals surface area contributed by atoms with Gasteiger partial charge in [0.05, 0.1) is 11.8 Å². The minimum atomic E-state index is -1.40. The van der Waals surface area contributed by atoms with Crippen molar-refractivity contribution in [3.8, 4) is 0 Å². The van der Waals surface area contributed by atoms with Crippen LogP contribution in [0.3, 0.4) is 0 Å². The van der Waals surface area contributed by atoms with Crippen LogP contribution in [0.4, 0.5) is 0 Å². The lowest BCUT2D eigenvalue weighted by Gasteiger charge is -2.35. The highest BCUT2D eigenvalue weighted by molar-refractivity contribution is 6.69. The summed E-state index contributed by atoms with van der Waals surface area (Å²) in [5.41, 5.74) is 0. The van der Waals surface area contributed by atoms with Gasteiger partial charge in [0.1, 0.15) is 0 Å². The molecule has 0 N–H and O–H groups in total. The Hall–Kier alpha value is 0.354. The summed E-state index contributed by atoms with van der Waals surface area (Å²) in [6.07, 6.45) is 3.66. The molecule has 0 spiro atoms. The normalized spacial score (nSPS) is 30.7. The molecule has 0 bridgehead atoms. The smallest absolute Gasteiger partial charge is 0.184 e. The van der Waals surface area contributed by atoms with E-state index >= 15 is 0 Å². The molecule has 13 heavy (non-hydrogen) atoms. The van der Waals surface area contributed by atoms with Gasteiger partial charge in [-0.25, -0.2) is 0 Å².